The van der Waals surface area contributed by atoms with E-state index in [0.717, 1.165) is 48.4 Å². The van der Waals surface area contributed by atoms with Crippen molar-refractivity contribution in [1.82, 2.24) is 5.32 Å². The maximum atomic E-state index is 11.9. The van der Waals surface area contributed by atoms with E-state index >= 15 is 0 Å². The molecule has 1 aromatic rings. The Morgan fingerprint density at radius 3 is 2.96 bits per heavy atom. The van der Waals surface area contributed by atoms with Crippen molar-refractivity contribution in [3.63, 3.8) is 0 Å². The highest BCUT2D eigenvalue weighted by molar-refractivity contribution is 6.31. The van der Waals surface area contributed by atoms with Crippen LogP contribution in [-0.4, -0.2) is 32.0 Å². The van der Waals surface area contributed by atoms with Crippen molar-refractivity contribution in [3.05, 3.63) is 34.3 Å². The zero-order valence-electron chi connectivity index (χ0n) is 14.3. The summed E-state index contributed by atoms with van der Waals surface area (Å²) in [5.74, 6) is 0.114. The molecule has 1 N–H and O–H groups in total. The van der Waals surface area contributed by atoms with E-state index in [0.29, 0.717) is 19.6 Å². The largest absolute Gasteiger partial charge is 0.355 e. The molecule has 0 radical (unpaired) electrons. The van der Waals surface area contributed by atoms with E-state index in [4.69, 9.17) is 21.1 Å². The number of rotatable bonds is 6. The number of hydrogen-bond donors (Lipinski definition) is 1. The van der Waals surface area contributed by atoms with Gasteiger partial charge >= 0.3 is 0 Å². The van der Waals surface area contributed by atoms with Crippen molar-refractivity contribution in [1.29, 1.82) is 0 Å². The van der Waals surface area contributed by atoms with Gasteiger partial charge in [0.25, 0.3) is 0 Å². The SMILES string of the molecule is Cc1ccc(C2(CCCOC3CCCCO3)CNC(=O)C2)cc1Cl. The van der Waals surface area contributed by atoms with Crippen molar-refractivity contribution in [3.8, 4) is 0 Å². The minimum Gasteiger partial charge on any atom is -0.355 e. The van der Waals surface area contributed by atoms with Crippen molar-refractivity contribution in [2.75, 3.05) is 19.8 Å². The lowest BCUT2D eigenvalue weighted by atomic mass is 9.76. The van der Waals surface area contributed by atoms with E-state index in [-0.39, 0.29) is 17.6 Å². The zero-order valence-corrected chi connectivity index (χ0v) is 15.0. The lowest BCUT2D eigenvalue weighted by Gasteiger charge is -2.29. The summed E-state index contributed by atoms with van der Waals surface area (Å²) < 4.78 is 11.4. The molecule has 4 nitrogen and oxygen atoms in total. The Morgan fingerprint density at radius 1 is 1.42 bits per heavy atom. The smallest absolute Gasteiger partial charge is 0.220 e. The first-order valence-corrected chi connectivity index (χ1v) is 9.23. The Balaban J connectivity index is 1.61. The summed E-state index contributed by atoms with van der Waals surface area (Å²) in [6.45, 7) is 4.13. The second-order valence-corrected chi connectivity index (χ2v) is 7.38. The number of halogens is 1. The molecule has 2 heterocycles. The fraction of sp³-hybridized carbons (Fsp3) is 0.632. The van der Waals surface area contributed by atoms with Crippen LogP contribution in [-0.2, 0) is 19.7 Å². The van der Waals surface area contributed by atoms with Crippen LogP contribution < -0.4 is 5.32 Å². The molecule has 0 aliphatic carbocycles. The molecule has 1 amide bonds. The van der Waals surface area contributed by atoms with Crippen LogP contribution in [0.25, 0.3) is 0 Å². The molecular formula is C19H26ClNO3. The minimum atomic E-state index is -0.175. The molecule has 2 unspecified atom stereocenters. The number of carbonyl (C=O) groups excluding carboxylic acids is 1. The molecule has 3 rings (SSSR count). The molecule has 1 aromatic carbocycles. The first-order chi connectivity index (χ1) is 11.6. The Labute approximate surface area is 148 Å². The quantitative estimate of drug-likeness (QED) is 0.794. The monoisotopic (exact) mass is 351 g/mol. The van der Waals surface area contributed by atoms with Gasteiger partial charge in [-0.2, -0.15) is 0 Å². The van der Waals surface area contributed by atoms with Crippen LogP contribution in [0.4, 0.5) is 0 Å². The Hall–Kier alpha value is -1.10. The summed E-state index contributed by atoms with van der Waals surface area (Å²) in [5.41, 5.74) is 2.03. The maximum absolute atomic E-state index is 11.9. The highest BCUT2D eigenvalue weighted by Gasteiger charge is 2.39. The summed E-state index contributed by atoms with van der Waals surface area (Å²) in [4.78, 5) is 11.9. The van der Waals surface area contributed by atoms with E-state index in [2.05, 4.69) is 11.4 Å². The highest BCUT2D eigenvalue weighted by atomic mass is 35.5. The molecule has 2 atom stereocenters. The van der Waals surface area contributed by atoms with Crippen LogP contribution in [0.2, 0.25) is 5.02 Å². The van der Waals surface area contributed by atoms with Gasteiger partial charge in [0, 0.05) is 36.6 Å². The van der Waals surface area contributed by atoms with Crippen molar-refractivity contribution in [2.45, 2.75) is 57.2 Å². The van der Waals surface area contributed by atoms with Gasteiger partial charge in [0.1, 0.15) is 0 Å². The Bertz CT molecular complexity index is 586. The first-order valence-electron chi connectivity index (χ1n) is 8.86. The number of hydrogen-bond acceptors (Lipinski definition) is 3. The number of benzene rings is 1. The van der Waals surface area contributed by atoms with Gasteiger partial charge in [0.2, 0.25) is 5.91 Å². The van der Waals surface area contributed by atoms with E-state index in [1.165, 1.54) is 6.42 Å². The first kappa shape index (κ1) is 17.7. The van der Waals surface area contributed by atoms with Crippen LogP contribution >= 0.6 is 11.6 Å². The third-order valence-corrected chi connectivity index (χ3v) is 5.56. The molecule has 5 heteroatoms. The third kappa shape index (κ3) is 4.11. The average Bonchev–Trinajstić information content (AvgIpc) is 2.97. The topological polar surface area (TPSA) is 47.6 Å². The van der Waals surface area contributed by atoms with Crippen molar-refractivity contribution < 1.29 is 14.3 Å². The maximum Gasteiger partial charge on any atom is 0.220 e. The van der Waals surface area contributed by atoms with Crippen LogP contribution in [0.5, 0.6) is 0 Å². The molecule has 2 fully saturated rings. The molecule has 0 bridgehead atoms. The zero-order chi connectivity index (χ0) is 17.0. The third-order valence-electron chi connectivity index (χ3n) is 5.15. The van der Waals surface area contributed by atoms with E-state index in [1.54, 1.807) is 0 Å². The van der Waals surface area contributed by atoms with Crippen LogP contribution in [0.1, 0.15) is 49.7 Å². The lowest BCUT2D eigenvalue weighted by molar-refractivity contribution is -0.163. The standard InChI is InChI=1S/C19H26ClNO3/c1-14-6-7-15(11-16(14)20)19(12-17(22)21-13-19)8-4-10-24-18-5-2-3-9-23-18/h6-7,11,18H,2-5,8-10,12-13H2,1H3,(H,21,22). The molecular weight excluding hydrogens is 326 g/mol. The van der Waals surface area contributed by atoms with Gasteiger partial charge in [-0.1, -0.05) is 23.7 Å². The number of ether oxygens (including phenoxy) is 2. The van der Waals surface area contributed by atoms with Gasteiger partial charge < -0.3 is 14.8 Å². The van der Waals surface area contributed by atoms with E-state index < -0.39 is 0 Å². The van der Waals surface area contributed by atoms with Gasteiger partial charge in [-0.25, -0.2) is 0 Å². The van der Waals surface area contributed by atoms with Crippen molar-refractivity contribution in [2.24, 2.45) is 0 Å². The van der Waals surface area contributed by atoms with E-state index in [9.17, 15) is 4.79 Å². The summed E-state index contributed by atoms with van der Waals surface area (Å²) in [6, 6.07) is 6.16. The Kier molecular flexibility index (Phi) is 5.80. The number of nitrogens with one attached hydrogen (secondary N) is 1. The summed E-state index contributed by atoms with van der Waals surface area (Å²) in [7, 11) is 0. The summed E-state index contributed by atoms with van der Waals surface area (Å²) in [5, 5.41) is 3.75. The predicted octanol–water partition coefficient (Wildman–Crippen LogP) is 3.73. The molecule has 0 aromatic heterocycles. The summed E-state index contributed by atoms with van der Waals surface area (Å²) in [6.07, 6.45) is 5.56. The van der Waals surface area contributed by atoms with Gasteiger partial charge in [-0.05, 0) is 56.2 Å². The fourth-order valence-electron chi connectivity index (χ4n) is 3.62. The normalized spacial score (nSPS) is 27.2. The summed E-state index contributed by atoms with van der Waals surface area (Å²) >= 11 is 6.31. The minimum absolute atomic E-state index is 0.0492. The van der Waals surface area contributed by atoms with Crippen molar-refractivity contribution >= 4 is 17.5 Å². The fourth-order valence-corrected chi connectivity index (χ4v) is 3.80. The second-order valence-electron chi connectivity index (χ2n) is 6.97. The van der Waals surface area contributed by atoms with E-state index in [1.807, 2.05) is 19.1 Å². The molecule has 2 aliphatic heterocycles. The molecule has 24 heavy (non-hydrogen) atoms. The van der Waals surface area contributed by atoms with Crippen LogP contribution in [0, 0.1) is 6.92 Å². The number of aryl methyl sites for hydroxylation is 1. The molecule has 0 saturated carbocycles. The van der Waals surface area contributed by atoms with Crippen LogP contribution in [0.15, 0.2) is 18.2 Å². The molecule has 2 aliphatic rings. The second kappa shape index (κ2) is 7.85. The van der Waals surface area contributed by atoms with Crippen LogP contribution in [0.3, 0.4) is 0 Å². The van der Waals surface area contributed by atoms with Gasteiger partial charge in [-0.3, -0.25) is 4.79 Å². The lowest BCUT2D eigenvalue weighted by Crippen LogP contribution is -2.30. The Morgan fingerprint density at radius 2 is 2.29 bits per heavy atom. The van der Waals surface area contributed by atoms with Gasteiger partial charge in [0.15, 0.2) is 6.29 Å². The molecule has 0 spiro atoms. The molecule has 2 saturated heterocycles. The molecule has 132 valence electrons. The highest BCUT2D eigenvalue weighted by Crippen LogP contribution is 2.37. The average molecular weight is 352 g/mol. The van der Waals surface area contributed by atoms with Gasteiger partial charge in [0.05, 0.1) is 0 Å². The number of amides is 1. The number of carbonyl (C=O) groups is 1. The van der Waals surface area contributed by atoms with Gasteiger partial charge in [-0.15, -0.1) is 0 Å². The predicted molar refractivity (Wildman–Crippen MR) is 94.3 cm³/mol.